The Morgan fingerprint density at radius 1 is 1.11 bits per heavy atom. The van der Waals surface area contributed by atoms with Crippen LogP contribution in [-0.4, -0.2) is 6.09 Å². The van der Waals surface area contributed by atoms with E-state index in [-0.39, 0.29) is 6.10 Å². The van der Waals surface area contributed by atoms with Gasteiger partial charge in [0, 0.05) is 4.47 Å². The molecule has 0 fully saturated rings. The van der Waals surface area contributed by atoms with Crippen LogP contribution in [0.15, 0.2) is 59.1 Å². The van der Waals surface area contributed by atoms with Crippen molar-refractivity contribution in [1.29, 1.82) is 0 Å². The second-order valence-corrected chi connectivity index (χ2v) is 4.92. The van der Waals surface area contributed by atoms with E-state index in [4.69, 9.17) is 4.74 Å². The van der Waals surface area contributed by atoms with E-state index in [1.165, 1.54) is 0 Å². The number of hydrogen-bond acceptors (Lipinski definition) is 2. The summed E-state index contributed by atoms with van der Waals surface area (Å²) in [4.78, 5) is 11.8. The Bertz CT molecular complexity index is 557. The molecule has 0 heterocycles. The summed E-state index contributed by atoms with van der Waals surface area (Å²) in [5.74, 6) is 0. The van der Waals surface area contributed by atoms with Crippen molar-refractivity contribution in [2.45, 2.75) is 13.0 Å². The van der Waals surface area contributed by atoms with Crippen molar-refractivity contribution in [3.8, 4) is 0 Å². The van der Waals surface area contributed by atoms with Gasteiger partial charge in [-0.15, -0.1) is 0 Å². The van der Waals surface area contributed by atoms with E-state index < -0.39 is 6.09 Å². The lowest BCUT2D eigenvalue weighted by molar-refractivity contribution is 0.121. The van der Waals surface area contributed by atoms with Crippen LogP contribution in [0.3, 0.4) is 0 Å². The maximum absolute atomic E-state index is 11.8. The highest BCUT2D eigenvalue weighted by atomic mass is 79.9. The lowest BCUT2D eigenvalue weighted by atomic mass is 10.1. The highest BCUT2D eigenvalue weighted by Crippen LogP contribution is 2.22. The Labute approximate surface area is 120 Å². The summed E-state index contributed by atoms with van der Waals surface area (Å²) >= 11 is 3.37. The first-order valence-corrected chi connectivity index (χ1v) is 6.73. The minimum atomic E-state index is -0.469. The van der Waals surface area contributed by atoms with Crippen LogP contribution in [0.2, 0.25) is 0 Å². The van der Waals surface area contributed by atoms with E-state index in [9.17, 15) is 4.79 Å². The Balaban J connectivity index is 1.97. The third-order valence-corrected chi connectivity index (χ3v) is 3.35. The fraction of sp³-hybridized carbons (Fsp3) is 0.133. The third-order valence-electron chi connectivity index (χ3n) is 2.66. The van der Waals surface area contributed by atoms with Crippen molar-refractivity contribution in [1.82, 2.24) is 0 Å². The summed E-state index contributed by atoms with van der Waals surface area (Å²) in [5, 5.41) is 2.70. The molecule has 0 bridgehead atoms. The number of ether oxygens (including phenoxy) is 1. The molecule has 0 aliphatic rings. The topological polar surface area (TPSA) is 38.3 Å². The van der Waals surface area contributed by atoms with Gasteiger partial charge >= 0.3 is 6.09 Å². The van der Waals surface area contributed by atoms with Gasteiger partial charge < -0.3 is 4.74 Å². The molecular weight excluding hydrogens is 306 g/mol. The van der Waals surface area contributed by atoms with Gasteiger partial charge in [-0.3, -0.25) is 5.32 Å². The molecule has 2 aromatic carbocycles. The van der Waals surface area contributed by atoms with Crippen LogP contribution in [0.5, 0.6) is 0 Å². The number of amides is 1. The number of hydrogen-bond donors (Lipinski definition) is 1. The fourth-order valence-corrected chi connectivity index (χ4v) is 2.04. The minimum absolute atomic E-state index is 0.288. The van der Waals surface area contributed by atoms with Gasteiger partial charge in [-0.2, -0.15) is 0 Å². The molecule has 0 spiro atoms. The number of carbonyl (C=O) groups is 1. The first kappa shape index (κ1) is 13.6. The van der Waals surface area contributed by atoms with E-state index in [2.05, 4.69) is 21.2 Å². The van der Waals surface area contributed by atoms with Crippen LogP contribution < -0.4 is 5.32 Å². The first-order valence-electron chi connectivity index (χ1n) is 5.94. The predicted molar refractivity (Wildman–Crippen MR) is 79.1 cm³/mol. The molecule has 0 aliphatic carbocycles. The highest BCUT2D eigenvalue weighted by Gasteiger charge is 2.12. The lowest BCUT2D eigenvalue weighted by Gasteiger charge is -2.14. The lowest BCUT2D eigenvalue weighted by Crippen LogP contribution is -2.16. The van der Waals surface area contributed by atoms with Crippen molar-refractivity contribution in [2.24, 2.45) is 0 Å². The molecule has 19 heavy (non-hydrogen) atoms. The van der Waals surface area contributed by atoms with E-state index in [0.717, 1.165) is 10.0 Å². The summed E-state index contributed by atoms with van der Waals surface area (Å²) in [7, 11) is 0. The molecule has 3 nitrogen and oxygen atoms in total. The van der Waals surface area contributed by atoms with Gasteiger partial charge in [-0.25, -0.2) is 4.79 Å². The molecule has 1 atom stereocenters. The summed E-state index contributed by atoms with van der Waals surface area (Å²) in [6.45, 7) is 1.84. The van der Waals surface area contributed by atoms with Gasteiger partial charge in [0.1, 0.15) is 6.10 Å². The summed E-state index contributed by atoms with van der Waals surface area (Å²) in [6.07, 6.45) is -0.757. The summed E-state index contributed by atoms with van der Waals surface area (Å²) < 4.78 is 6.14. The van der Waals surface area contributed by atoms with Gasteiger partial charge in [0.25, 0.3) is 0 Å². The molecule has 2 aromatic rings. The zero-order chi connectivity index (χ0) is 13.7. The fourth-order valence-electron chi connectivity index (χ4n) is 1.65. The summed E-state index contributed by atoms with van der Waals surface area (Å²) in [5.41, 5.74) is 1.65. The number of anilines is 1. The summed E-state index contributed by atoms with van der Waals surface area (Å²) in [6, 6.07) is 17.0. The molecule has 0 saturated carbocycles. The number of carbonyl (C=O) groups excluding carboxylic acids is 1. The molecule has 1 unspecified atom stereocenters. The molecule has 2 rings (SSSR count). The van der Waals surface area contributed by atoms with E-state index in [1.54, 1.807) is 6.07 Å². The monoisotopic (exact) mass is 319 g/mol. The Morgan fingerprint density at radius 2 is 1.74 bits per heavy atom. The van der Waals surface area contributed by atoms with Crippen LogP contribution >= 0.6 is 15.9 Å². The van der Waals surface area contributed by atoms with Crippen LogP contribution in [0, 0.1) is 0 Å². The molecule has 1 N–H and O–H groups in total. The third kappa shape index (κ3) is 3.83. The second-order valence-electron chi connectivity index (χ2n) is 4.06. The van der Waals surface area contributed by atoms with Crippen LogP contribution in [-0.2, 0) is 4.74 Å². The predicted octanol–water partition coefficient (Wildman–Crippen LogP) is 4.76. The van der Waals surface area contributed by atoms with Gasteiger partial charge in [0.2, 0.25) is 0 Å². The van der Waals surface area contributed by atoms with Gasteiger partial charge in [0.15, 0.2) is 0 Å². The van der Waals surface area contributed by atoms with E-state index >= 15 is 0 Å². The number of para-hydroxylation sites is 1. The van der Waals surface area contributed by atoms with Crippen molar-refractivity contribution in [2.75, 3.05) is 5.32 Å². The quantitative estimate of drug-likeness (QED) is 0.885. The Kier molecular flexibility index (Phi) is 4.58. The van der Waals surface area contributed by atoms with Crippen LogP contribution in [0.1, 0.15) is 18.6 Å². The number of nitrogens with one attached hydrogen (secondary N) is 1. The SMILES string of the molecule is CC(OC(=O)Nc1ccccc1Br)c1ccccc1. The molecule has 0 aliphatic heterocycles. The molecule has 98 valence electrons. The molecule has 0 radical (unpaired) electrons. The second kappa shape index (κ2) is 6.38. The molecular formula is C15H14BrNO2. The first-order chi connectivity index (χ1) is 9.16. The standard InChI is InChI=1S/C15H14BrNO2/c1-11(12-7-3-2-4-8-12)19-15(18)17-14-10-6-5-9-13(14)16/h2-11H,1H3,(H,17,18). The van der Waals surface area contributed by atoms with Gasteiger partial charge in [0.05, 0.1) is 5.69 Å². The zero-order valence-corrected chi connectivity index (χ0v) is 12.1. The maximum atomic E-state index is 11.8. The average Bonchev–Trinajstić information content (AvgIpc) is 2.42. The van der Waals surface area contributed by atoms with Crippen molar-refractivity contribution in [3.05, 3.63) is 64.6 Å². The van der Waals surface area contributed by atoms with Crippen molar-refractivity contribution in [3.63, 3.8) is 0 Å². The van der Waals surface area contributed by atoms with Crippen LogP contribution in [0.4, 0.5) is 10.5 Å². The van der Waals surface area contributed by atoms with Crippen LogP contribution in [0.25, 0.3) is 0 Å². The van der Waals surface area contributed by atoms with Crippen molar-refractivity contribution >= 4 is 27.7 Å². The Morgan fingerprint density at radius 3 is 2.42 bits per heavy atom. The zero-order valence-electron chi connectivity index (χ0n) is 10.5. The van der Waals surface area contributed by atoms with E-state index in [0.29, 0.717) is 5.69 Å². The maximum Gasteiger partial charge on any atom is 0.412 e. The average molecular weight is 320 g/mol. The van der Waals surface area contributed by atoms with Gasteiger partial charge in [-0.1, -0.05) is 42.5 Å². The van der Waals surface area contributed by atoms with Crippen molar-refractivity contribution < 1.29 is 9.53 Å². The molecule has 0 aromatic heterocycles. The normalized spacial score (nSPS) is 11.7. The smallest absolute Gasteiger partial charge is 0.412 e. The van der Waals surface area contributed by atoms with E-state index in [1.807, 2.05) is 55.5 Å². The largest absolute Gasteiger partial charge is 0.441 e. The number of rotatable bonds is 3. The molecule has 0 saturated heterocycles. The molecule has 1 amide bonds. The minimum Gasteiger partial charge on any atom is -0.441 e. The molecule has 4 heteroatoms. The number of benzene rings is 2. The van der Waals surface area contributed by atoms with Gasteiger partial charge in [-0.05, 0) is 40.5 Å². The Hall–Kier alpha value is -1.81. The number of halogens is 1. The highest BCUT2D eigenvalue weighted by molar-refractivity contribution is 9.10.